The molecule has 2 rings (SSSR count). The highest BCUT2D eigenvalue weighted by Crippen LogP contribution is 2.35. The molecule has 0 aliphatic carbocycles. The summed E-state index contributed by atoms with van der Waals surface area (Å²) in [7, 11) is 1.59. The number of amides is 1. The van der Waals surface area contributed by atoms with Crippen LogP contribution in [0.2, 0.25) is 0 Å². The van der Waals surface area contributed by atoms with Gasteiger partial charge >= 0.3 is 5.97 Å². The zero-order chi connectivity index (χ0) is 12.8. The third kappa shape index (κ3) is 1.92. The van der Waals surface area contributed by atoms with Crippen LogP contribution < -0.4 is 5.32 Å². The Bertz CT molecular complexity index is 354. The number of fused-ring (bicyclic) bond motifs is 2. The zero-order valence-corrected chi connectivity index (χ0v) is 10.6. The normalized spacial score (nSPS) is 31.6. The summed E-state index contributed by atoms with van der Waals surface area (Å²) in [6.07, 6.45) is 3.02. The number of hydrogen-bond donors (Lipinski definition) is 2. The summed E-state index contributed by atoms with van der Waals surface area (Å²) < 4.78 is 0. The van der Waals surface area contributed by atoms with Gasteiger partial charge in [-0.1, -0.05) is 0 Å². The van der Waals surface area contributed by atoms with Gasteiger partial charge in [0.15, 0.2) is 0 Å². The lowest BCUT2D eigenvalue weighted by atomic mass is 9.87. The molecule has 2 saturated heterocycles. The number of carbonyl (C=O) groups is 2. The van der Waals surface area contributed by atoms with E-state index >= 15 is 0 Å². The summed E-state index contributed by atoms with van der Waals surface area (Å²) in [6, 6.07) is 0.704. The second kappa shape index (κ2) is 3.98. The van der Waals surface area contributed by atoms with Gasteiger partial charge in [0.05, 0.1) is 5.92 Å². The van der Waals surface area contributed by atoms with Crippen LogP contribution in [-0.2, 0) is 9.59 Å². The number of carbonyl (C=O) groups excluding carboxylic acids is 1. The summed E-state index contributed by atoms with van der Waals surface area (Å²) in [5.41, 5.74) is -1.14. The van der Waals surface area contributed by atoms with Gasteiger partial charge < -0.3 is 15.3 Å². The molecule has 3 atom stereocenters. The molecule has 0 aromatic carbocycles. The molecule has 5 nitrogen and oxygen atoms in total. The molecule has 17 heavy (non-hydrogen) atoms. The second-order valence-corrected chi connectivity index (χ2v) is 5.65. The lowest BCUT2D eigenvalue weighted by Gasteiger charge is -2.35. The maximum atomic E-state index is 12.3. The van der Waals surface area contributed by atoms with Crippen LogP contribution in [0.3, 0.4) is 0 Å². The molecule has 5 heteroatoms. The highest BCUT2D eigenvalue weighted by molar-refractivity contribution is 5.88. The van der Waals surface area contributed by atoms with Crippen molar-refractivity contribution in [1.82, 2.24) is 10.2 Å². The highest BCUT2D eigenvalue weighted by Gasteiger charge is 2.46. The number of carboxylic acids is 1. The van der Waals surface area contributed by atoms with Crippen LogP contribution in [0.1, 0.15) is 33.1 Å². The number of hydrogen-bond acceptors (Lipinski definition) is 3. The molecule has 2 fully saturated rings. The number of nitrogens with one attached hydrogen (secondary N) is 1. The summed E-state index contributed by atoms with van der Waals surface area (Å²) in [6.45, 7) is 3.13. The Hall–Kier alpha value is -1.10. The van der Waals surface area contributed by atoms with Crippen LogP contribution in [-0.4, -0.2) is 46.6 Å². The van der Waals surface area contributed by atoms with Crippen LogP contribution in [0.15, 0.2) is 0 Å². The lowest BCUT2D eigenvalue weighted by molar-refractivity contribution is -0.157. The van der Waals surface area contributed by atoms with E-state index in [1.165, 1.54) is 4.90 Å². The van der Waals surface area contributed by atoms with Crippen molar-refractivity contribution < 1.29 is 14.7 Å². The third-order valence-corrected chi connectivity index (χ3v) is 4.31. The first-order chi connectivity index (χ1) is 7.84. The average molecular weight is 240 g/mol. The summed E-state index contributed by atoms with van der Waals surface area (Å²) >= 11 is 0. The maximum absolute atomic E-state index is 12.3. The Labute approximate surface area is 101 Å². The quantitative estimate of drug-likeness (QED) is 0.751. The van der Waals surface area contributed by atoms with E-state index in [1.54, 1.807) is 20.9 Å². The molecule has 2 aliphatic rings. The van der Waals surface area contributed by atoms with Crippen LogP contribution >= 0.6 is 0 Å². The van der Waals surface area contributed by atoms with E-state index < -0.39 is 11.5 Å². The molecule has 2 heterocycles. The van der Waals surface area contributed by atoms with Gasteiger partial charge in [-0.15, -0.1) is 0 Å². The third-order valence-electron chi connectivity index (χ3n) is 4.31. The molecule has 96 valence electrons. The minimum atomic E-state index is -1.14. The number of likely N-dealkylation sites (N-methyl/N-ethyl adjacent to an activating group) is 1. The Balaban J connectivity index is 2.08. The van der Waals surface area contributed by atoms with Crippen molar-refractivity contribution in [3.05, 3.63) is 0 Å². The van der Waals surface area contributed by atoms with E-state index in [0.717, 1.165) is 19.3 Å². The van der Waals surface area contributed by atoms with E-state index in [1.807, 2.05) is 0 Å². The molecule has 0 radical (unpaired) electrons. The molecular weight excluding hydrogens is 220 g/mol. The van der Waals surface area contributed by atoms with Gasteiger partial charge in [0.25, 0.3) is 0 Å². The fourth-order valence-corrected chi connectivity index (χ4v) is 2.76. The topological polar surface area (TPSA) is 69.6 Å². The molecule has 1 amide bonds. The fourth-order valence-electron chi connectivity index (χ4n) is 2.76. The standard InChI is InChI=1S/C12H20N2O3/c1-12(2,11(16)17)14(3)10(15)8-6-7-4-5-9(8)13-7/h7-9,13H,4-6H2,1-3H3,(H,16,17). The molecule has 0 aromatic heterocycles. The Morgan fingerprint density at radius 2 is 2.00 bits per heavy atom. The van der Waals surface area contributed by atoms with Gasteiger partial charge in [-0.2, -0.15) is 0 Å². The van der Waals surface area contributed by atoms with Crippen LogP contribution in [0.25, 0.3) is 0 Å². The number of carboxylic acid groups (broad SMARTS) is 1. The summed E-state index contributed by atoms with van der Waals surface area (Å²) in [4.78, 5) is 24.8. The lowest BCUT2D eigenvalue weighted by Crippen LogP contribution is -2.53. The number of aliphatic carboxylic acids is 1. The Morgan fingerprint density at radius 1 is 1.35 bits per heavy atom. The largest absolute Gasteiger partial charge is 0.480 e. The van der Waals surface area contributed by atoms with Gasteiger partial charge in [0, 0.05) is 19.1 Å². The summed E-state index contributed by atoms with van der Waals surface area (Å²) in [5, 5.41) is 12.5. The van der Waals surface area contributed by atoms with E-state index in [2.05, 4.69) is 5.32 Å². The Morgan fingerprint density at radius 3 is 2.41 bits per heavy atom. The van der Waals surface area contributed by atoms with Crippen molar-refractivity contribution in [3.8, 4) is 0 Å². The molecule has 3 unspecified atom stereocenters. The van der Waals surface area contributed by atoms with E-state index in [0.29, 0.717) is 6.04 Å². The van der Waals surface area contributed by atoms with E-state index in [-0.39, 0.29) is 17.9 Å². The highest BCUT2D eigenvalue weighted by atomic mass is 16.4. The van der Waals surface area contributed by atoms with Gasteiger partial charge in [-0.05, 0) is 33.1 Å². The second-order valence-electron chi connectivity index (χ2n) is 5.65. The van der Waals surface area contributed by atoms with Gasteiger partial charge in [0.2, 0.25) is 5.91 Å². The molecule has 2 aliphatic heterocycles. The van der Waals surface area contributed by atoms with E-state index in [4.69, 9.17) is 5.11 Å². The predicted molar refractivity (Wildman–Crippen MR) is 62.5 cm³/mol. The van der Waals surface area contributed by atoms with E-state index in [9.17, 15) is 9.59 Å². The minimum Gasteiger partial charge on any atom is -0.480 e. The fraction of sp³-hybridized carbons (Fsp3) is 0.833. The van der Waals surface area contributed by atoms with Crippen molar-refractivity contribution in [3.63, 3.8) is 0 Å². The minimum absolute atomic E-state index is 0.0441. The first-order valence-corrected chi connectivity index (χ1v) is 6.11. The Kier molecular flexibility index (Phi) is 2.89. The first-order valence-electron chi connectivity index (χ1n) is 6.11. The molecule has 2 N–H and O–H groups in total. The molecule has 0 spiro atoms. The van der Waals surface area contributed by atoms with Crippen molar-refractivity contribution >= 4 is 11.9 Å². The van der Waals surface area contributed by atoms with Crippen LogP contribution in [0, 0.1) is 5.92 Å². The van der Waals surface area contributed by atoms with Crippen LogP contribution in [0.4, 0.5) is 0 Å². The van der Waals surface area contributed by atoms with Gasteiger partial charge in [0.1, 0.15) is 5.54 Å². The van der Waals surface area contributed by atoms with Crippen molar-refractivity contribution in [2.75, 3.05) is 7.05 Å². The number of nitrogens with zero attached hydrogens (tertiary/aromatic N) is 1. The average Bonchev–Trinajstić information content (AvgIpc) is 2.88. The van der Waals surface area contributed by atoms with Crippen LogP contribution in [0.5, 0.6) is 0 Å². The number of rotatable bonds is 3. The SMILES string of the molecule is CN(C(=O)C1CC2CCC1N2)C(C)(C)C(=O)O. The van der Waals surface area contributed by atoms with Crippen molar-refractivity contribution in [1.29, 1.82) is 0 Å². The van der Waals surface area contributed by atoms with Gasteiger partial charge in [-0.3, -0.25) is 4.79 Å². The van der Waals surface area contributed by atoms with Crippen molar-refractivity contribution in [2.45, 2.75) is 50.7 Å². The molecule has 0 saturated carbocycles. The zero-order valence-electron chi connectivity index (χ0n) is 10.6. The molecule has 2 bridgehead atoms. The maximum Gasteiger partial charge on any atom is 0.329 e. The monoisotopic (exact) mass is 240 g/mol. The first kappa shape index (κ1) is 12.4. The molecular formula is C12H20N2O3. The molecule has 0 aromatic rings. The van der Waals surface area contributed by atoms with Gasteiger partial charge in [-0.25, -0.2) is 4.79 Å². The summed E-state index contributed by atoms with van der Waals surface area (Å²) in [5.74, 6) is -1.06. The predicted octanol–water partition coefficient (Wildman–Crippen LogP) is 0.449. The van der Waals surface area contributed by atoms with Crippen molar-refractivity contribution in [2.24, 2.45) is 5.92 Å². The smallest absolute Gasteiger partial charge is 0.329 e.